The van der Waals surface area contributed by atoms with E-state index in [1.165, 1.54) is 169 Å². The van der Waals surface area contributed by atoms with Gasteiger partial charge in [-0.2, -0.15) is 0 Å². The maximum atomic E-state index is 2.55. The first kappa shape index (κ1) is 48.5. The highest BCUT2D eigenvalue weighted by Crippen LogP contribution is 2.53. The van der Waals surface area contributed by atoms with Crippen molar-refractivity contribution < 1.29 is 0 Å². The summed E-state index contributed by atoms with van der Waals surface area (Å²) in [4.78, 5) is 0. The van der Waals surface area contributed by atoms with Crippen molar-refractivity contribution in [2.24, 2.45) is 0 Å². The van der Waals surface area contributed by atoms with Gasteiger partial charge in [0.15, 0.2) is 0 Å². The molecule has 15 aromatic rings. The Bertz CT molecular complexity index is 4850. The molecule has 0 heteroatoms. The van der Waals surface area contributed by atoms with Crippen LogP contribution in [0.15, 0.2) is 224 Å². The van der Waals surface area contributed by atoms with Crippen LogP contribution >= 0.6 is 0 Å². The molecule has 0 radical (unpaired) electrons. The third-order valence-corrected chi connectivity index (χ3v) is 17.4. The summed E-state index contributed by atoms with van der Waals surface area (Å²) in [6.07, 6.45) is 0. The van der Waals surface area contributed by atoms with E-state index in [0.29, 0.717) is 0 Å². The maximum absolute atomic E-state index is 2.55. The SMILES string of the molecule is Cc1cc(C(C)(C)C)cc(C(C)(C)C)c1.Cc1cccc(C)c1-c1ccc2cc3c4cc5c(cc6c7c(-c8cccc9ccccc89)ccc(-c8ccccc8)c7c7cccc5c76)c5cccc(c3c(-c3ccccc3)c2c1)c54. The monoisotopic (exact) mass is 1010 g/mol. The lowest BCUT2D eigenvalue weighted by Gasteiger charge is -2.25. The van der Waals surface area contributed by atoms with E-state index < -0.39 is 0 Å². The molecule has 15 aromatic carbocycles. The molecule has 79 heavy (non-hydrogen) atoms. The molecule has 0 nitrogen and oxygen atoms in total. The second-order valence-electron chi connectivity index (χ2n) is 24.5. The zero-order valence-corrected chi connectivity index (χ0v) is 46.9. The van der Waals surface area contributed by atoms with Crippen LogP contribution in [0.4, 0.5) is 0 Å². The maximum Gasteiger partial charge on any atom is -0.00134 e. The molecule has 15 rings (SSSR count). The molecule has 0 spiro atoms. The zero-order chi connectivity index (χ0) is 54.1. The van der Waals surface area contributed by atoms with E-state index in [1.54, 1.807) is 0 Å². The quantitative estimate of drug-likeness (QED) is 0.154. The summed E-state index contributed by atoms with van der Waals surface area (Å²) < 4.78 is 0. The van der Waals surface area contributed by atoms with Crippen molar-refractivity contribution >= 4 is 97.0 Å². The highest BCUT2D eigenvalue weighted by atomic mass is 14.3. The van der Waals surface area contributed by atoms with Crippen molar-refractivity contribution in [2.45, 2.75) is 73.1 Å². The topological polar surface area (TPSA) is 0 Å². The van der Waals surface area contributed by atoms with Gasteiger partial charge in [0.2, 0.25) is 0 Å². The Hall–Kier alpha value is -8.84. The van der Waals surface area contributed by atoms with Gasteiger partial charge in [-0.15, -0.1) is 0 Å². The number of hydrogen-bond donors (Lipinski definition) is 0. The van der Waals surface area contributed by atoms with Crippen LogP contribution in [-0.2, 0) is 10.8 Å². The van der Waals surface area contributed by atoms with E-state index in [-0.39, 0.29) is 10.8 Å². The van der Waals surface area contributed by atoms with Gasteiger partial charge in [0.25, 0.3) is 0 Å². The van der Waals surface area contributed by atoms with Crippen LogP contribution in [0, 0.1) is 20.8 Å². The molecule has 0 aliphatic rings. The second kappa shape index (κ2) is 18.1. The molecule has 0 bridgehead atoms. The van der Waals surface area contributed by atoms with Crippen molar-refractivity contribution in [2.75, 3.05) is 0 Å². The smallest absolute Gasteiger partial charge is 0.00134 e. The van der Waals surface area contributed by atoms with E-state index in [1.807, 2.05) is 0 Å². The highest BCUT2D eigenvalue weighted by Gasteiger charge is 2.26. The number of aryl methyl sites for hydroxylation is 3. The fourth-order valence-electron chi connectivity index (χ4n) is 13.6. The highest BCUT2D eigenvalue weighted by molar-refractivity contribution is 6.44. The molecule has 0 saturated carbocycles. The molecule has 0 unspecified atom stereocenters. The fourth-order valence-corrected chi connectivity index (χ4v) is 13.6. The van der Waals surface area contributed by atoms with Gasteiger partial charge >= 0.3 is 0 Å². The molecule has 0 N–H and O–H groups in total. The van der Waals surface area contributed by atoms with Crippen LogP contribution in [0.1, 0.15) is 69.4 Å². The predicted octanol–water partition coefficient (Wildman–Crippen LogP) is 22.8. The summed E-state index contributed by atoms with van der Waals surface area (Å²) in [5.74, 6) is 0. The van der Waals surface area contributed by atoms with Crippen molar-refractivity contribution in [3.05, 3.63) is 252 Å². The van der Waals surface area contributed by atoms with Gasteiger partial charge in [-0.05, 0) is 220 Å². The van der Waals surface area contributed by atoms with Gasteiger partial charge in [0, 0.05) is 0 Å². The molecule has 0 heterocycles. The van der Waals surface area contributed by atoms with Gasteiger partial charge < -0.3 is 0 Å². The van der Waals surface area contributed by atoms with Crippen molar-refractivity contribution in [1.29, 1.82) is 0 Å². The lowest BCUT2D eigenvalue weighted by molar-refractivity contribution is 0.567. The molecule has 0 fully saturated rings. The fraction of sp³-hybridized carbons (Fsp3) is 0.139. The summed E-state index contributed by atoms with van der Waals surface area (Å²) in [6, 6.07) is 84.8. The number of rotatable bonds is 4. The van der Waals surface area contributed by atoms with E-state index in [2.05, 4.69) is 287 Å². The molecule has 380 valence electrons. The Morgan fingerprint density at radius 2 is 0.747 bits per heavy atom. The average molecular weight is 1010 g/mol. The summed E-state index contributed by atoms with van der Waals surface area (Å²) in [5, 5.41) is 23.6. The van der Waals surface area contributed by atoms with Crippen molar-refractivity contribution in [3.63, 3.8) is 0 Å². The van der Waals surface area contributed by atoms with Crippen LogP contribution < -0.4 is 0 Å². The first-order valence-corrected chi connectivity index (χ1v) is 28.2. The lowest BCUT2D eigenvalue weighted by atomic mass is 9.80. The Balaban J connectivity index is 0.000000329. The third-order valence-electron chi connectivity index (χ3n) is 17.4. The van der Waals surface area contributed by atoms with Gasteiger partial charge in [-0.1, -0.05) is 247 Å². The largest absolute Gasteiger partial charge is 0.0622 e. The summed E-state index contributed by atoms with van der Waals surface area (Å²) in [5.41, 5.74) is 17.5. The van der Waals surface area contributed by atoms with Crippen LogP contribution in [0.3, 0.4) is 0 Å². The lowest BCUT2D eigenvalue weighted by Crippen LogP contribution is -2.16. The Labute approximate surface area is 464 Å². The standard InChI is InChI=1S/C64H40.C15H24/c1-37-15-11-16-38(2)58(37)43-30-29-42-33-55-56-35-53-48-26-14-28-51-61(48)57(36-54(53)47-25-13-27-50(60(47)56)64(55)59(52(42)34-43)41-20-7-4-8-21-41)63-49(46-24-12-22-39-19-9-10-23-44(39)46)32-31-45(62(51)63)40-17-5-3-6-18-40;1-11-8-12(14(2,3)4)10-13(9-11)15(5,6)7/h3-36H,1-2H3;8-10H,1-7H3. The molecule has 0 atom stereocenters. The van der Waals surface area contributed by atoms with Crippen LogP contribution in [0.5, 0.6) is 0 Å². The van der Waals surface area contributed by atoms with Gasteiger partial charge in [0.1, 0.15) is 0 Å². The normalized spacial score (nSPS) is 12.4. The molecule has 0 saturated heterocycles. The van der Waals surface area contributed by atoms with E-state index in [4.69, 9.17) is 0 Å². The minimum Gasteiger partial charge on any atom is -0.0622 e. The van der Waals surface area contributed by atoms with Crippen molar-refractivity contribution in [1.82, 2.24) is 0 Å². The minimum absolute atomic E-state index is 0.242. The van der Waals surface area contributed by atoms with Crippen LogP contribution in [-0.4, -0.2) is 0 Å². The minimum atomic E-state index is 0.242. The molecule has 0 aliphatic heterocycles. The molecule has 0 aliphatic carbocycles. The molecule has 0 amide bonds. The average Bonchev–Trinajstić information content (AvgIpc) is 3.84. The Morgan fingerprint density at radius 1 is 0.241 bits per heavy atom. The first-order chi connectivity index (χ1) is 38.2. The molecular formula is C79H64. The van der Waals surface area contributed by atoms with E-state index >= 15 is 0 Å². The molecule has 0 aromatic heterocycles. The Kier molecular flexibility index (Phi) is 11.1. The van der Waals surface area contributed by atoms with Crippen LogP contribution in [0.25, 0.3) is 141 Å². The predicted molar refractivity (Wildman–Crippen MR) is 346 cm³/mol. The number of benzene rings is 13. The summed E-state index contributed by atoms with van der Waals surface area (Å²) in [7, 11) is 0. The van der Waals surface area contributed by atoms with E-state index in [0.717, 1.165) is 0 Å². The third kappa shape index (κ3) is 7.79. The Morgan fingerprint density at radius 3 is 1.42 bits per heavy atom. The summed E-state index contributed by atoms with van der Waals surface area (Å²) >= 11 is 0. The van der Waals surface area contributed by atoms with Gasteiger partial charge in [0.05, 0.1) is 0 Å². The zero-order valence-electron chi connectivity index (χ0n) is 46.9. The van der Waals surface area contributed by atoms with Gasteiger partial charge in [-0.25, -0.2) is 0 Å². The number of fused-ring (bicyclic) bond motifs is 11. The first-order valence-electron chi connectivity index (χ1n) is 28.2. The van der Waals surface area contributed by atoms with E-state index in [9.17, 15) is 0 Å². The number of hydrogen-bond acceptors (Lipinski definition) is 0. The summed E-state index contributed by atoms with van der Waals surface area (Å²) in [6.45, 7) is 20.3. The second-order valence-corrected chi connectivity index (χ2v) is 24.5. The molecular weight excluding hydrogens is 949 g/mol. The van der Waals surface area contributed by atoms with Crippen LogP contribution in [0.2, 0.25) is 0 Å². The van der Waals surface area contributed by atoms with Gasteiger partial charge in [-0.3, -0.25) is 0 Å². The van der Waals surface area contributed by atoms with Crippen molar-refractivity contribution in [3.8, 4) is 44.5 Å².